The lowest BCUT2D eigenvalue weighted by Crippen LogP contribution is -2.43. The van der Waals surface area contributed by atoms with E-state index in [2.05, 4.69) is 4.99 Å². The monoisotopic (exact) mass is 229 g/mol. The molecule has 0 radical (unpaired) electrons. The van der Waals surface area contributed by atoms with Crippen LogP contribution in [-0.2, 0) is 5.60 Å². The van der Waals surface area contributed by atoms with Crippen molar-refractivity contribution in [2.45, 2.75) is 31.3 Å². The van der Waals surface area contributed by atoms with Crippen LogP contribution in [0.3, 0.4) is 0 Å². The van der Waals surface area contributed by atoms with Crippen LogP contribution in [0.1, 0.15) is 31.2 Å². The molecule has 2 nitrogen and oxygen atoms in total. The SMILES string of the molecule is CN=C1C2CCC(C2)CC1(O)c1ccccc1. The van der Waals surface area contributed by atoms with Crippen LogP contribution >= 0.6 is 0 Å². The Labute approximate surface area is 102 Å². The molecule has 3 atom stereocenters. The molecule has 2 aliphatic rings. The van der Waals surface area contributed by atoms with Crippen molar-refractivity contribution in [1.29, 1.82) is 0 Å². The van der Waals surface area contributed by atoms with E-state index in [1.165, 1.54) is 19.3 Å². The van der Waals surface area contributed by atoms with Crippen molar-refractivity contribution in [3.8, 4) is 0 Å². The second-order valence-electron chi connectivity index (χ2n) is 5.42. The molecule has 0 aromatic heterocycles. The van der Waals surface area contributed by atoms with Gasteiger partial charge in [0.2, 0.25) is 0 Å². The van der Waals surface area contributed by atoms with Crippen LogP contribution in [0.4, 0.5) is 0 Å². The maximum Gasteiger partial charge on any atom is 0.128 e. The lowest BCUT2D eigenvalue weighted by molar-refractivity contribution is 0.0678. The summed E-state index contributed by atoms with van der Waals surface area (Å²) in [6.45, 7) is 0. The Kier molecular flexibility index (Phi) is 2.55. The van der Waals surface area contributed by atoms with Crippen molar-refractivity contribution in [2.24, 2.45) is 16.8 Å². The van der Waals surface area contributed by atoms with E-state index in [1.807, 2.05) is 37.4 Å². The Morgan fingerprint density at radius 3 is 2.71 bits per heavy atom. The Hall–Kier alpha value is -1.15. The predicted molar refractivity (Wildman–Crippen MR) is 69.1 cm³/mol. The van der Waals surface area contributed by atoms with Crippen molar-refractivity contribution in [1.82, 2.24) is 0 Å². The van der Waals surface area contributed by atoms with Gasteiger partial charge < -0.3 is 5.11 Å². The number of aliphatic imine (C=N–C) groups is 1. The molecule has 2 aliphatic carbocycles. The lowest BCUT2D eigenvalue weighted by atomic mass is 9.72. The number of hydrogen-bond acceptors (Lipinski definition) is 2. The molecular weight excluding hydrogens is 210 g/mol. The van der Waals surface area contributed by atoms with Gasteiger partial charge in [-0.3, -0.25) is 4.99 Å². The van der Waals surface area contributed by atoms with Gasteiger partial charge in [-0.15, -0.1) is 0 Å². The van der Waals surface area contributed by atoms with Gasteiger partial charge in [0.25, 0.3) is 0 Å². The quantitative estimate of drug-likeness (QED) is 0.789. The summed E-state index contributed by atoms with van der Waals surface area (Å²) in [5, 5.41) is 11.1. The molecule has 2 heteroatoms. The van der Waals surface area contributed by atoms with Crippen LogP contribution in [0.25, 0.3) is 0 Å². The Morgan fingerprint density at radius 1 is 1.24 bits per heavy atom. The molecular formula is C15H19NO. The van der Waals surface area contributed by atoms with Crippen LogP contribution in [0, 0.1) is 11.8 Å². The molecule has 0 spiro atoms. The topological polar surface area (TPSA) is 32.6 Å². The molecule has 3 unspecified atom stereocenters. The number of nitrogens with zero attached hydrogens (tertiary/aromatic N) is 1. The first-order valence-corrected chi connectivity index (χ1v) is 6.49. The largest absolute Gasteiger partial charge is 0.379 e. The van der Waals surface area contributed by atoms with Gasteiger partial charge in [0.15, 0.2) is 0 Å². The normalized spacial score (nSPS) is 38.6. The van der Waals surface area contributed by atoms with Crippen molar-refractivity contribution >= 4 is 5.71 Å². The van der Waals surface area contributed by atoms with Crippen molar-refractivity contribution < 1.29 is 5.11 Å². The zero-order chi connectivity index (χ0) is 11.9. The van der Waals surface area contributed by atoms with Gasteiger partial charge >= 0.3 is 0 Å². The van der Waals surface area contributed by atoms with Crippen LogP contribution in [0.15, 0.2) is 35.3 Å². The Bertz CT molecular complexity index is 439. The summed E-state index contributed by atoms with van der Waals surface area (Å²) in [6, 6.07) is 10.0. The van der Waals surface area contributed by atoms with Gasteiger partial charge in [0.1, 0.15) is 5.60 Å². The Balaban J connectivity index is 2.06. The molecule has 1 aromatic rings. The summed E-state index contributed by atoms with van der Waals surface area (Å²) in [6.07, 6.45) is 4.52. The molecule has 90 valence electrons. The van der Waals surface area contributed by atoms with E-state index in [4.69, 9.17) is 0 Å². The van der Waals surface area contributed by atoms with Crippen LogP contribution in [-0.4, -0.2) is 17.9 Å². The minimum Gasteiger partial charge on any atom is -0.379 e. The average molecular weight is 229 g/mol. The zero-order valence-electron chi connectivity index (χ0n) is 10.3. The smallest absolute Gasteiger partial charge is 0.128 e. The molecule has 2 saturated carbocycles. The van der Waals surface area contributed by atoms with Crippen LogP contribution in [0.5, 0.6) is 0 Å². The standard InChI is InChI=1S/C15H19NO/c1-16-14-12-8-7-11(9-12)10-15(14,17)13-5-3-2-4-6-13/h2-6,11-12,17H,7-10H2,1H3. The predicted octanol–water partition coefficient (Wildman–Crippen LogP) is 2.77. The molecule has 0 saturated heterocycles. The summed E-state index contributed by atoms with van der Waals surface area (Å²) in [4.78, 5) is 4.42. The fraction of sp³-hybridized carbons (Fsp3) is 0.533. The molecule has 0 heterocycles. The zero-order valence-corrected chi connectivity index (χ0v) is 10.3. The fourth-order valence-electron chi connectivity index (χ4n) is 3.72. The number of rotatable bonds is 1. The number of hydrogen-bond donors (Lipinski definition) is 1. The molecule has 2 fully saturated rings. The highest BCUT2D eigenvalue weighted by atomic mass is 16.3. The summed E-state index contributed by atoms with van der Waals surface area (Å²) < 4.78 is 0. The number of benzene rings is 1. The first kappa shape index (κ1) is 11.0. The van der Waals surface area contributed by atoms with E-state index in [0.29, 0.717) is 11.8 Å². The van der Waals surface area contributed by atoms with Gasteiger partial charge in [-0.05, 0) is 37.2 Å². The third kappa shape index (κ3) is 1.62. The first-order chi connectivity index (χ1) is 8.24. The molecule has 0 aliphatic heterocycles. The summed E-state index contributed by atoms with van der Waals surface area (Å²) in [7, 11) is 1.82. The van der Waals surface area contributed by atoms with Gasteiger partial charge in [-0.1, -0.05) is 30.3 Å². The summed E-state index contributed by atoms with van der Waals surface area (Å²) in [5.74, 6) is 1.18. The van der Waals surface area contributed by atoms with Gasteiger partial charge in [0.05, 0.1) is 5.71 Å². The van der Waals surface area contributed by atoms with E-state index < -0.39 is 5.60 Å². The van der Waals surface area contributed by atoms with Crippen LogP contribution in [0.2, 0.25) is 0 Å². The highest BCUT2D eigenvalue weighted by Crippen LogP contribution is 2.48. The van der Waals surface area contributed by atoms with Crippen molar-refractivity contribution in [2.75, 3.05) is 7.05 Å². The molecule has 1 N–H and O–H groups in total. The summed E-state index contributed by atoms with van der Waals surface area (Å²) >= 11 is 0. The number of aliphatic hydroxyl groups is 1. The summed E-state index contributed by atoms with van der Waals surface area (Å²) in [5.41, 5.74) is 1.22. The van der Waals surface area contributed by atoms with E-state index in [-0.39, 0.29) is 0 Å². The van der Waals surface area contributed by atoms with Gasteiger partial charge in [0, 0.05) is 13.0 Å². The molecule has 0 amide bonds. The van der Waals surface area contributed by atoms with E-state index in [1.54, 1.807) is 0 Å². The van der Waals surface area contributed by atoms with E-state index >= 15 is 0 Å². The van der Waals surface area contributed by atoms with Crippen molar-refractivity contribution in [3.05, 3.63) is 35.9 Å². The van der Waals surface area contributed by atoms with Crippen LogP contribution < -0.4 is 0 Å². The fourth-order valence-corrected chi connectivity index (χ4v) is 3.72. The minimum atomic E-state index is -0.805. The highest BCUT2D eigenvalue weighted by molar-refractivity contribution is 5.96. The molecule has 17 heavy (non-hydrogen) atoms. The average Bonchev–Trinajstić information content (AvgIpc) is 2.74. The third-order valence-corrected chi connectivity index (χ3v) is 4.43. The minimum absolute atomic E-state index is 0.504. The lowest BCUT2D eigenvalue weighted by Gasteiger charge is -2.38. The van der Waals surface area contributed by atoms with Gasteiger partial charge in [-0.2, -0.15) is 0 Å². The van der Waals surface area contributed by atoms with E-state index in [0.717, 1.165) is 17.7 Å². The first-order valence-electron chi connectivity index (χ1n) is 6.49. The van der Waals surface area contributed by atoms with Gasteiger partial charge in [-0.25, -0.2) is 0 Å². The molecule has 3 rings (SSSR count). The maximum absolute atomic E-state index is 11.1. The van der Waals surface area contributed by atoms with E-state index in [9.17, 15) is 5.11 Å². The number of fused-ring (bicyclic) bond motifs is 2. The third-order valence-electron chi connectivity index (χ3n) is 4.43. The maximum atomic E-state index is 11.1. The molecule has 2 bridgehead atoms. The Morgan fingerprint density at radius 2 is 2.00 bits per heavy atom. The highest BCUT2D eigenvalue weighted by Gasteiger charge is 2.48. The molecule has 1 aromatic carbocycles. The second-order valence-corrected chi connectivity index (χ2v) is 5.42. The van der Waals surface area contributed by atoms with Crippen molar-refractivity contribution in [3.63, 3.8) is 0 Å². The second kappa shape index (κ2) is 3.95.